The molecule has 0 bridgehead atoms. The zero-order valence-electron chi connectivity index (χ0n) is 22.7. The molecule has 0 radical (unpaired) electrons. The van der Waals surface area contributed by atoms with Crippen LogP contribution in [-0.4, -0.2) is 6.18 Å². The molecule has 1 nitrogen and oxygen atoms in total. The summed E-state index contributed by atoms with van der Waals surface area (Å²) in [6, 6.07) is 17.0. The Labute approximate surface area is 198 Å². The summed E-state index contributed by atoms with van der Waals surface area (Å²) in [7, 11) is 1.85. The molecule has 33 heavy (non-hydrogen) atoms. The molecule has 4 heteroatoms. The lowest BCUT2D eigenvalue weighted by atomic mass is 9.80. The van der Waals surface area contributed by atoms with Crippen molar-refractivity contribution in [1.82, 2.24) is 0 Å². The summed E-state index contributed by atoms with van der Waals surface area (Å²) in [4.78, 5) is 0. The molecule has 0 spiro atoms. The smallest absolute Gasteiger partial charge is 0.194 e. The van der Waals surface area contributed by atoms with Crippen molar-refractivity contribution in [3.8, 4) is 11.3 Å². The van der Waals surface area contributed by atoms with Crippen LogP contribution in [-0.2, 0) is 18.9 Å². The highest BCUT2D eigenvalue weighted by Crippen LogP contribution is 2.38. The fourth-order valence-corrected chi connectivity index (χ4v) is 4.76. The minimum atomic E-state index is -4.35. The Hall–Kier alpha value is -2.88. The maximum absolute atomic E-state index is 13.3. The van der Waals surface area contributed by atoms with Crippen LogP contribution in [0.4, 0.5) is 13.2 Å². The highest BCUT2D eigenvalue weighted by atomic mass is 19.4. The quantitative estimate of drug-likeness (QED) is 0.278. The Kier molecular flexibility index (Phi) is 4.84. The van der Waals surface area contributed by atoms with Crippen molar-refractivity contribution >= 4 is 21.7 Å². The van der Waals surface area contributed by atoms with Crippen molar-refractivity contribution in [2.75, 3.05) is 0 Å². The van der Waals surface area contributed by atoms with E-state index in [0.29, 0.717) is 16.5 Å². The van der Waals surface area contributed by atoms with Crippen molar-refractivity contribution in [3.05, 3.63) is 76.9 Å². The van der Waals surface area contributed by atoms with Crippen molar-refractivity contribution in [1.29, 1.82) is 0 Å². The Bertz CT molecular complexity index is 1460. The topological polar surface area (TPSA) is 3.88 Å². The van der Waals surface area contributed by atoms with Crippen LogP contribution in [0.1, 0.15) is 53.6 Å². The van der Waals surface area contributed by atoms with Crippen molar-refractivity contribution < 1.29 is 21.9 Å². The number of rotatable bonds is 3. The number of nitrogens with zero attached hydrogens (tertiary/aromatic N) is 1. The number of alkyl halides is 3. The molecule has 3 aromatic carbocycles. The van der Waals surface area contributed by atoms with Gasteiger partial charge in [-0.1, -0.05) is 57.2 Å². The summed E-state index contributed by atoms with van der Waals surface area (Å²) in [5.41, 5.74) is 4.77. The normalized spacial score (nSPS) is 14.4. The van der Waals surface area contributed by atoms with Gasteiger partial charge in [-0.05, 0) is 64.7 Å². The molecule has 172 valence electrons. The molecule has 0 aliphatic heterocycles. The van der Waals surface area contributed by atoms with Crippen LogP contribution in [0.3, 0.4) is 0 Å². The summed E-state index contributed by atoms with van der Waals surface area (Å²) in [6.45, 7) is 6.02. The van der Waals surface area contributed by atoms with Crippen molar-refractivity contribution in [2.24, 2.45) is 7.05 Å². The van der Waals surface area contributed by atoms with Crippen LogP contribution in [0.2, 0.25) is 0 Å². The van der Waals surface area contributed by atoms with Gasteiger partial charge in [-0.3, -0.25) is 0 Å². The lowest BCUT2D eigenvalue weighted by Crippen LogP contribution is -2.33. The Morgan fingerprint density at radius 2 is 1.64 bits per heavy atom. The third kappa shape index (κ3) is 4.36. The van der Waals surface area contributed by atoms with Crippen LogP contribution in [0.15, 0.2) is 54.6 Å². The van der Waals surface area contributed by atoms with Gasteiger partial charge < -0.3 is 0 Å². The monoisotopic (exact) mass is 453 g/mol. The number of benzene rings is 3. The van der Waals surface area contributed by atoms with Crippen molar-refractivity contribution in [3.63, 3.8) is 0 Å². The largest absolute Gasteiger partial charge is 0.389 e. The molecule has 0 N–H and O–H groups in total. The van der Waals surface area contributed by atoms with Gasteiger partial charge in [0.2, 0.25) is 11.2 Å². The molecule has 4 rings (SSSR count). The molecule has 0 aliphatic rings. The number of fused-ring (bicyclic) bond motifs is 2. The van der Waals surface area contributed by atoms with E-state index < -0.39 is 19.4 Å². The van der Waals surface area contributed by atoms with Gasteiger partial charge in [-0.2, -0.15) is 17.7 Å². The van der Waals surface area contributed by atoms with E-state index in [2.05, 4.69) is 39.0 Å². The van der Waals surface area contributed by atoms with E-state index in [1.54, 1.807) is 18.2 Å². The predicted octanol–water partition coefficient (Wildman–Crippen LogP) is 7.89. The third-order valence-electron chi connectivity index (χ3n) is 6.47. The first kappa shape index (κ1) is 19.6. The minimum Gasteiger partial charge on any atom is -0.194 e. The third-order valence-corrected chi connectivity index (χ3v) is 6.47. The van der Waals surface area contributed by atoms with Crippen LogP contribution in [0.25, 0.3) is 32.9 Å². The first-order valence-electron chi connectivity index (χ1n) is 12.6. The number of hydrogen-bond acceptors (Lipinski definition) is 0. The van der Waals surface area contributed by atoms with E-state index in [0.717, 1.165) is 33.2 Å². The fraction of sp³-hybridized carbons (Fsp3) is 0.345. The van der Waals surface area contributed by atoms with Gasteiger partial charge in [0.1, 0.15) is 7.05 Å². The van der Waals surface area contributed by atoms with Gasteiger partial charge in [0.05, 0.1) is 5.39 Å². The fourth-order valence-electron chi connectivity index (χ4n) is 4.76. The van der Waals surface area contributed by atoms with E-state index in [-0.39, 0.29) is 17.4 Å². The van der Waals surface area contributed by atoms with Gasteiger partial charge in [-0.15, -0.1) is 0 Å². The maximum atomic E-state index is 13.3. The van der Waals surface area contributed by atoms with E-state index in [9.17, 15) is 13.2 Å². The maximum Gasteiger partial charge on any atom is 0.389 e. The molecule has 0 unspecified atom stereocenters. The average Bonchev–Trinajstić information content (AvgIpc) is 2.77. The SMILES string of the molecule is [2H]C([2H])([2H])c1cccc2c1c(CCC(F)(F)F)cc(-c1cc(C(C)(C)C)c3ccccc3c1C)[n+]2C. The highest BCUT2D eigenvalue weighted by Gasteiger charge is 2.29. The lowest BCUT2D eigenvalue weighted by molar-refractivity contribution is -0.633. The van der Waals surface area contributed by atoms with Crippen molar-refractivity contribution in [2.45, 2.75) is 59.0 Å². The molecular formula is C29H31F3N+. The van der Waals surface area contributed by atoms with Gasteiger partial charge in [0.25, 0.3) is 0 Å². The molecule has 0 amide bonds. The van der Waals surface area contributed by atoms with E-state index in [1.807, 2.05) is 30.7 Å². The molecule has 0 aliphatic carbocycles. The van der Waals surface area contributed by atoms with E-state index in [4.69, 9.17) is 4.11 Å². The summed E-state index contributed by atoms with van der Waals surface area (Å²) in [5, 5.41) is 2.62. The second-order valence-electron chi connectivity index (χ2n) is 9.82. The molecular weight excluding hydrogens is 419 g/mol. The van der Waals surface area contributed by atoms with Gasteiger partial charge in [-0.25, -0.2) is 0 Å². The number of hydrogen-bond donors (Lipinski definition) is 0. The van der Waals surface area contributed by atoms with Gasteiger partial charge >= 0.3 is 6.18 Å². The van der Waals surface area contributed by atoms with Crippen LogP contribution < -0.4 is 4.57 Å². The summed E-state index contributed by atoms with van der Waals surface area (Å²) in [6.07, 6.45) is -5.66. The van der Waals surface area contributed by atoms with E-state index >= 15 is 0 Å². The summed E-state index contributed by atoms with van der Waals surface area (Å²) < 4.78 is 65.8. The van der Waals surface area contributed by atoms with Gasteiger partial charge in [0.15, 0.2) is 0 Å². The van der Waals surface area contributed by atoms with E-state index in [1.165, 1.54) is 6.07 Å². The standard InChI is InChI=1S/C29H31F3N/c1-18-10-9-13-25-27(18)20(14-15-29(30,31)32)16-26(33(25)6)23-17-24(28(3,4)5)22-12-8-7-11-21(22)19(23)2/h7-13,16-17H,14-15H2,1-6H3/q+1/i1D3. The Morgan fingerprint density at radius 3 is 2.27 bits per heavy atom. The predicted molar refractivity (Wildman–Crippen MR) is 131 cm³/mol. The minimum absolute atomic E-state index is 0.0740. The summed E-state index contributed by atoms with van der Waals surface area (Å²) >= 11 is 0. The number of halogens is 3. The molecule has 1 heterocycles. The summed E-state index contributed by atoms with van der Waals surface area (Å²) in [5.74, 6) is 0. The van der Waals surface area contributed by atoms with Crippen LogP contribution in [0, 0.1) is 13.8 Å². The average molecular weight is 454 g/mol. The molecule has 0 fully saturated rings. The zero-order chi connectivity index (χ0) is 26.6. The number of pyridine rings is 1. The lowest BCUT2D eigenvalue weighted by Gasteiger charge is -2.24. The van der Waals surface area contributed by atoms with Crippen LogP contribution >= 0.6 is 0 Å². The molecule has 0 saturated heterocycles. The molecule has 1 aromatic heterocycles. The highest BCUT2D eigenvalue weighted by molar-refractivity contribution is 5.95. The van der Waals surface area contributed by atoms with Crippen LogP contribution in [0.5, 0.6) is 0 Å². The first-order chi connectivity index (χ1) is 16.6. The van der Waals surface area contributed by atoms with Gasteiger partial charge in [0, 0.05) is 28.2 Å². The number of aryl methyl sites for hydroxylation is 4. The zero-order valence-corrected chi connectivity index (χ0v) is 19.7. The molecule has 4 aromatic rings. The number of aromatic nitrogens is 1. The Balaban J connectivity index is 2.11. The Morgan fingerprint density at radius 1 is 0.939 bits per heavy atom. The molecule has 0 saturated carbocycles. The second kappa shape index (κ2) is 8.16. The molecule has 0 atom stereocenters. The second-order valence-corrected chi connectivity index (χ2v) is 9.82. The first-order valence-corrected chi connectivity index (χ1v) is 11.1.